The number of sulfonamides is 1. The summed E-state index contributed by atoms with van der Waals surface area (Å²) in [6, 6.07) is 4.41. The molecular formula is C18H26Cl2N2O3S. The number of carbonyl (C=O) groups is 1. The van der Waals surface area contributed by atoms with E-state index in [9.17, 15) is 13.2 Å². The number of nitrogens with zero attached hydrogens (tertiary/aromatic N) is 1. The summed E-state index contributed by atoms with van der Waals surface area (Å²) in [6.07, 6.45) is 7.72. The first-order valence-electron chi connectivity index (χ1n) is 9.09. The Balaban J connectivity index is 2.07. The van der Waals surface area contributed by atoms with Crippen molar-refractivity contribution >= 4 is 39.1 Å². The maximum Gasteiger partial charge on any atom is 0.245 e. The number of halogens is 2. The molecule has 1 N–H and O–H groups in total. The predicted molar refractivity (Wildman–Crippen MR) is 105 cm³/mol. The van der Waals surface area contributed by atoms with Gasteiger partial charge in [0.25, 0.3) is 0 Å². The second-order valence-electron chi connectivity index (χ2n) is 6.62. The van der Waals surface area contributed by atoms with Crippen LogP contribution in [-0.2, 0) is 14.8 Å². The summed E-state index contributed by atoms with van der Waals surface area (Å²) in [6.45, 7) is 1.64. The second kappa shape index (κ2) is 9.93. The van der Waals surface area contributed by atoms with Crippen LogP contribution in [0.3, 0.4) is 0 Å². The largest absolute Gasteiger partial charge is 0.352 e. The van der Waals surface area contributed by atoms with Crippen molar-refractivity contribution in [1.29, 1.82) is 0 Å². The van der Waals surface area contributed by atoms with E-state index in [2.05, 4.69) is 5.32 Å². The highest BCUT2D eigenvalue weighted by Crippen LogP contribution is 2.27. The Labute approximate surface area is 166 Å². The monoisotopic (exact) mass is 420 g/mol. The van der Waals surface area contributed by atoms with Gasteiger partial charge in [-0.05, 0) is 31.0 Å². The van der Waals surface area contributed by atoms with Crippen LogP contribution in [0.15, 0.2) is 23.1 Å². The van der Waals surface area contributed by atoms with Gasteiger partial charge in [0, 0.05) is 17.6 Å². The summed E-state index contributed by atoms with van der Waals surface area (Å²) in [5.41, 5.74) is 0. The fraction of sp³-hybridized carbons (Fsp3) is 0.611. The van der Waals surface area contributed by atoms with Gasteiger partial charge in [-0.2, -0.15) is 4.31 Å². The molecule has 8 heteroatoms. The highest BCUT2D eigenvalue weighted by molar-refractivity contribution is 7.89. The maximum atomic E-state index is 12.9. The van der Waals surface area contributed by atoms with E-state index in [-0.39, 0.29) is 40.0 Å². The number of likely N-dealkylation sites (N-methyl/N-ethyl adjacent to an activating group) is 1. The Kier molecular flexibility index (Phi) is 8.20. The molecule has 0 heterocycles. The number of amides is 1. The second-order valence-corrected chi connectivity index (χ2v) is 9.37. The highest BCUT2D eigenvalue weighted by Gasteiger charge is 2.28. The number of benzene rings is 1. The van der Waals surface area contributed by atoms with Crippen molar-refractivity contribution in [3.05, 3.63) is 28.2 Å². The Hall–Kier alpha value is -0.820. The standard InChI is InChI=1S/C18H26Cl2N2O3S/c1-2-22(26(24,25)17-12-14(19)10-11-16(17)20)13-18(23)21-15-8-6-4-3-5-7-9-15/h10-12,15H,2-9,13H2,1H3,(H,21,23). The van der Waals surface area contributed by atoms with E-state index < -0.39 is 10.0 Å². The lowest BCUT2D eigenvalue weighted by Gasteiger charge is -2.24. The minimum absolute atomic E-state index is 0.0766. The molecule has 0 radical (unpaired) electrons. The van der Waals surface area contributed by atoms with Crippen LogP contribution >= 0.6 is 23.2 Å². The molecule has 1 fully saturated rings. The van der Waals surface area contributed by atoms with Gasteiger partial charge in [-0.3, -0.25) is 4.79 Å². The van der Waals surface area contributed by atoms with Crippen LogP contribution in [0.4, 0.5) is 0 Å². The zero-order chi connectivity index (χ0) is 19.2. The van der Waals surface area contributed by atoms with E-state index in [1.165, 1.54) is 37.5 Å². The van der Waals surface area contributed by atoms with Crippen molar-refractivity contribution < 1.29 is 13.2 Å². The van der Waals surface area contributed by atoms with Crippen molar-refractivity contribution in [1.82, 2.24) is 9.62 Å². The zero-order valence-corrected chi connectivity index (χ0v) is 17.3. The normalized spacial score (nSPS) is 16.9. The Morgan fingerprint density at radius 3 is 2.38 bits per heavy atom. The van der Waals surface area contributed by atoms with Crippen LogP contribution in [0.5, 0.6) is 0 Å². The topological polar surface area (TPSA) is 66.5 Å². The molecule has 1 saturated carbocycles. The Morgan fingerprint density at radius 2 is 1.77 bits per heavy atom. The first-order chi connectivity index (χ1) is 12.3. The molecule has 1 amide bonds. The Bertz CT molecular complexity index is 717. The van der Waals surface area contributed by atoms with Crippen LogP contribution in [0, 0.1) is 0 Å². The summed E-state index contributed by atoms with van der Waals surface area (Å²) in [4.78, 5) is 12.4. The molecule has 5 nitrogen and oxygen atoms in total. The van der Waals surface area contributed by atoms with E-state index >= 15 is 0 Å². The number of rotatable bonds is 6. The van der Waals surface area contributed by atoms with E-state index in [0.29, 0.717) is 0 Å². The van der Waals surface area contributed by atoms with Crippen molar-refractivity contribution in [2.75, 3.05) is 13.1 Å². The molecule has 1 aromatic rings. The van der Waals surface area contributed by atoms with E-state index in [4.69, 9.17) is 23.2 Å². The molecule has 1 aliphatic carbocycles. The summed E-state index contributed by atoms with van der Waals surface area (Å²) >= 11 is 12.0. The summed E-state index contributed by atoms with van der Waals surface area (Å²) in [5.74, 6) is -0.279. The number of hydrogen-bond acceptors (Lipinski definition) is 3. The smallest absolute Gasteiger partial charge is 0.245 e. The van der Waals surface area contributed by atoms with E-state index in [1.807, 2.05) is 0 Å². The lowest BCUT2D eigenvalue weighted by Crippen LogP contribution is -2.44. The number of nitrogens with one attached hydrogen (secondary N) is 1. The molecule has 146 valence electrons. The minimum Gasteiger partial charge on any atom is -0.352 e. The third-order valence-corrected chi connectivity index (χ3v) is 7.29. The van der Waals surface area contributed by atoms with Crippen LogP contribution in [-0.4, -0.2) is 37.8 Å². The van der Waals surface area contributed by atoms with Gasteiger partial charge in [0.05, 0.1) is 11.6 Å². The first-order valence-corrected chi connectivity index (χ1v) is 11.3. The molecule has 0 aliphatic heterocycles. The quantitative estimate of drug-likeness (QED) is 0.748. The Morgan fingerprint density at radius 1 is 1.15 bits per heavy atom. The van der Waals surface area contributed by atoms with Crippen LogP contribution < -0.4 is 5.32 Å². The molecule has 1 aliphatic rings. The van der Waals surface area contributed by atoms with E-state index in [1.54, 1.807) is 6.92 Å². The molecule has 0 bridgehead atoms. The van der Waals surface area contributed by atoms with Crippen molar-refractivity contribution in [3.8, 4) is 0 Å². The number of hydrogen-bond donors (Lipinski definition) is 1. The molecule has 0 spiro atoms. The molecular weight excluding hydrogens is 395 g/mol. The molecule has 1 aromatic carbocycles. The molecule has 0 aromatic heterocycles. The van der Waals surface area contributed by atoms with Gasteiger partial charge >= 0.3 is 0 Å². The third kappa shape index (κ3) is 5.84. The highest BCUT2D eigenvalue weighted by atomic mass is 35.5. The van der Waals surface area contributed by atoms with Crippen LogP contribution in [0.1, 0.15) is 51.9 Å². The minimum atomic E-state index is -3.90. The number of carbonyl (C=O) groups excluding carboxylic acids is 1. The van der Waals surface area contributed by atoms with Gasteiger partial charge in [-0.1, -0.05) is 62.2 Å². The SMILES string of the molecule is CCN(CC(=O)NC1CCCCCCC1)S(=O)(=O)c1cc(Cl)ccc1Cl. The predicted octanol–water partition coefficient (Wildman–Crippen LogP) is 4.23. The van der Waals surface area contributed by atoms with Crippen LogP contribution in [0.2, 0.25) is 10.0 Å². The fourth-order valence-corrected chi connectivity index (χ4v) is 5.36. The van der Waals surface area contributed by atoms with Gasteiger partial charge in [0.15, 0.2) is 0 Å². The lowest BCUT2D eigenvalue weighted by atomic mass is 9.97. The molecule has 2 rings (SSSR count). The van der Waals surface area contributed by atoms with Crippen molar-refractivity contribution in [2.45, 2.75) is 62.8 Å². The molecule has 0 saturated heterocycles. The zero-order valence-electron chi connectivity index (χ0n) is 15.0. The van der Waals surface area contributed by atoms with Crippen LogP contribution in [0.25, 0.3) is 0 Å². The van der Waals surface area contributed by atoms with Crippen molar-refractivity contribution in [3.63, 3.8) is 0 Å². The van der Waals surface area contributed by atoms with Gasteiger partial charge in [0.2, 0.25) is 15.9 Å². The fourth-order valence-electron chi connectivity index (χ4n) is 3.21. The first kappa shape index (κ1) is 21.5. The van der Waals surface area contributed by atoms with Crippen molar-refractivity contribution in [2.24, 2.45) is 0 Å². The van der Waals surface area contributed by atoms with Gasteiger partial charge in [0.1, 0.15) is 4.90 Å². The van der Waals surface area contributed by atoms with Gasteiger partial charge in [-0.15, -0.1) is 0 Å². The average Bonchev–Trinajstić information content (AvgIpc) is 2.57. The summed E-state index contributed by atoms with van der Waals surface area (Å²) < 4.78 is 26.9. The summed E-state index contributed by atoms with van der Waals surface area (Å²) in [5, 5.41) is 3.37. The van der Waals surface area contributed by atoms with E-state index in [0.717, 1.165) is 30.0 Å². The molecule has 26 heavy (non-hydrogen) atoms. The lowest BCUT2D eigenvalue weighted by molar-refractivity contribution is -0.122. The third-order valence-electron chi connectivity index (χ3n) is 4.65. The molecule has 0 unspecified atom stereocenters. The van der Waals surface area contributed by atoms with Gasteiger partial charge < -0.3 is 5.32 Å². The summed E-state index contributed by atoms with van der Waals surface area (Å²) in [7, 11) is -3.90. The molecule has 0 atom stereocenters. The van der Waals surface area contributed by atoms with Gasteiger partial charge in [-0.25, -0.2) is 8.42 Å². The maximum absolute atomic E-state index is 12.9. The average molecular weight is 421 g/mol.